The highest BCUT2D eigenvalue weighted by molar-refractivity contribution is 6.07. The number of nitrogens with one attached hydrogen (secondary N) is 1. The molecule has 3 aromatic rings. The van der Waals surface area contributed by atoms with Crippen LogP contribution in [0.3, 0.4) is 0 Å². The lowest BCUT2D eigenvalue weighted by Crippen LogP contribution is -2.29. The predicted molar refractivity (Wildman–Crippen MR) is 115 cm³/mol. The van der Waals surface area contributed by atoms with Crippen molar-refractivity contribution in [3.05, 3.63) is 60.2 Å². The van der Waals surface area contributed by atoms with Gasteiger partial charge in [0.05, 0.1) is 23.4 Å². The quantitative estimate of drug-likeness (QED) is 0.567. The molecule has 0 unspecified atom stereocenters. The highest BCUT2D eigenvalue weighted by Crippen LogP contribution is 2.26. The number of benzene rings is 2. The van der Waals surface area contributed by atoms with Crippen molar-refractivity contribution >= 4 is 16.8 Å². The van der Waals surface area contributed by atoms with Gasteiger partial charge in [0.25, 0.3) is 5.91 Å². The van der Waals surface area contributed by atoms with Crippen LogP contribution in [0.2, 0.25) is 0 Å². The second-order valence-corrected chi connectivity index (χ2v) is 6.92. The topological polar surface area (TPSA) is 51.2 Å². The summed E-state index contributed by atoms with van der Waals surface area (Å²) in [6, 6.07) is 17.5. The molecular formula is C24H28N2O2. The molecule has 0 bridgehead atoms. The Morgan fingerprint density at radius 3 is 2.43 bits per heavy atom. The maximum atomic E-state index is 13.0. The number of rotatable bonds is 8. The van der Waals surface area contributed by atoms with Gasteiger partial charge in [-0.2, -0.15) is 0 Å². The molecule has 0 aliphatic carbocycles. The SMILES string of the molecule is CCOc1ccc(-c2cc(C(=O)NCC(CC)CC)c3ccccc3n2)cc1. The van der Waals surface area contributed by atoms with Crippen LogP contribution in [0.1, 0.15) is 44.0 Å². The van der Waals surface area contributed by atoms with Gasteiger partial charge in [-0.3, -0.25) is 4.79 Å². The molecule has 0 radical (unpaired) electrons. The van der Waals surface area contributed by atoms with E-state index >= 15 is 0 Å². The molecular weight excluding hydrogens is 348 g/mol. The number of fused-ring (bicyclic) bond motifs is 1. The summed E-state index contributed by atoms with van der Waals surface area (Å²) in [5.41, 5.74) is 3.24. The minimum Gasteiger partial charge on any atom is -0.494 e. The second-order valence-electron chi connectivity index (χ2n) is 6.92. The van der Waals surface area contributed by atoms with Crippen molar-refractivity contribution in [1.29, 1.82) is 0 Å². The minimum absolute atomic E-state index is 0.0438. The van der Waals surface area contributed by atoms with E-state index in [1.165, 1.54) is 0 Å². The highest BCUT2D eigenvalue weighted by atomic mass is 16.5. The second kappa shape index (κ2) is 9.36. The van der Waals surface area contributed by atoms with E-state index in [-0.39, 0.29) is 5.91 Å². The monoisotopic (exact) mass is 376 g/mol. The molecule has 4 nitrogen and oxygen atoms in total. The fourth-order valence-corrected chi connectivity index (χ4v) is 3.31. The lowest BCUT2D eigenvalue weighted by atomic mass is 10.0. The molecule has 0 atom stereocenters. The van der Waals surface area contributed by atoms with Crippen LogP contribution < -0.4 is 10.1 Å². The lowest BCUT2D eigenvalue weighted by molar-refractivity contribution is 0.0948. The maximum absolute atomic E-state index is 13.0. The molecule has 0 saturated heterocycles. The molecule has 4 heteroatoms. The van der Waals surface area contributed by atoms with Crippen molar-refractivity contribution in [2.75, 3.05) is 13.2 Å². The smallest absolute Gasteiger partial charge is 0.252 e. The molecule has 0 saturated carbocycles. The largest absolute Gasteiger partial charge is 0.494 e. The summed E-state index contributed by atoms with van der Waals surface area (Å²) in [5, 5.41) is 3.99. The van der Waals surface area contributed by atoms with Gasteiger partial charge in [0.1, 0.15) is 5.75 Å². The van der Waals surface area contributed by atoms with E-state index in [2.05, 4.69) is 19.2 Å². The van der Waals surface area contributed by atoms with Gasteiger partial charge in [0, 0.05) is 17.5 Å². The van der Waals surface area contributed by atoms with Crippen LogP contribution in [0.25, 0.3) is 22.2 Å². The van der Waals surface area contributed by atoms with E-state index in [1.807, 2.05) is 61.5 Å². The number of carbonyl (C=O) groups is 1. The van der Waals surface area contributed by atoms with Crippen molar-refractivity contribution < 1.29 is 9.53 Å². The average Bonchev–Trinajstić information content (AvgIpc) is 2.74. The van der Waals surface area contributed by atoms with Gasteiger partial charge in [-0.1, -0.05) is 44.9 Å². The van der Waals surface area contributed by atoms with Crippen LogP contribution >= 0.6 is 0 Å². The third kappa shape index (κ3) is 4.50. The number of aromatic nitrogens is 1. The third-order valence-corrected chi connectivity index (χ3v) is 5.13. The van der Waals surface area contributed by atoms with Crippen molar-refractivity contribution in [2.24, 2.45) is 5.92 Å². The summed E-state index contributed by atoms with van der Waals surface area (Å²) in [6.45, 7) is 7.61. The first-order chi connectivity index (χ1) is 13.7. The Balaban J connectivity index is 1.96. The number of nitrogens with zero attached hydrogens (tertiary/aromatic N) is 1. The Kier molecular flexibility index (Phi) is 6.64. The molecule has 0 spiro atoms. The van der Waals surface area contributed by atoms with Crippen molar-refractivity contribution in [3.63, 3.8) is 0 Å². The van der Waals surface area contributed by atoms with Gasteiger partial charge in [-0.25, -0.2) is 4.98 Å². The number of hydrogen-bond donors (Lipinski definition) is 1. The first kappa shape index (κ1) is 19.9. The molecule has 28 heavy (non-hydrogen) atoms. The summed E-state index contributed by atoms with van der Waals surface area (Å²) in [7, 11) is 0. The van der Waals surface area contributed by atoms with Crippen LogP contribution in [0.4, 0.5) is 0 Å². The molecule has 146 valence electrons. The fraction of sp³-hybridized carbons (Fsp3) is 0.333. The summed E-state index contributed by atoms with van der Waals surface area (Å²) >= 11 is 0. The Labute approximate surface area is 166 Å². The van der Waals surface area contributed by atoms with E-state index in [0.29, 0.717) is 24.6 Å². The molecule has 2 aromatic carbocycles. The number of hydrogen-bond acceptors (Lipinski definition) is 3. The number of ether oxygens (including phenoxy) is 1. The number of pyridine rings is 1. The van der Waals surface area contributed by atoms with Crippen LogP contribution in [-0.2, 0) is 0 Å². The first-order valence-electron chi connectivity index (χ1n) is 10.1. The van der Waals surface area contributed by atoms with Crippen molar-refractivity contribution in [2.45, 2.75) is 33.6 Å². The van der Waals surface area contributed by atoms with Gasteiger partial charge >= 0.3 is 0 Å². The zero-order chi connectivity index (χ0) is 19.9. The number of amides is 1. The minimum atomic E-state index is -0.0438. The van der Waals surface area contributed by atoms with Gasteiger partial charge in [-0.05, 0) is 49.2 Å². The zero-order valence-electron chi connectivity index (χ0n) is 16.9. The van der Waals surface area contributed by atoms with Gasteiger partial charge in [-0.15, -0.1) is 0 Å². The molecule has 1 heterocycles. The molecule has 0 fully saturated rings. The zero-order valence-corrected chi connectivity index (χ0v) is 16.9. The third-order valence-electron chi connectivity index (χ3n) is 5.13. The molecule has 3 rings (SSSR count). The van der Waals surface area contributed by atoms with Crippen molar-refractivity contribution in [3.8, 4) is 17.0 Å². The fourth-order valence-electron chi connectivity index (χ4n) is 3.31. The van der Waals surface area contributed by atoms with E-state index in [1.54, 1.807) is 0 Å². The summed E-state index contributed by atoms with van der Waals surface area (Å²) < 4.78 is 5.52. The summed E-state index contributed by atoms with van der Waals surface area (Å²) in [6.07, 6.45) is 2.12. The molecule has 1 N–H and O–H groups in total. The number of carbonyl (C=O) groups excluding carboxylic acids is 1. The van der Waals surface area contributed by atoms with Crippen LogP contribution in [0.5, 0.6) is 5.75 Å². The normalized spacial score (nSPS) is 11.0. The predicted octanol–water partition coefficient (Wildman–Crippen LogP) is 5.47. The Morgan fingerprint density at radius 1 is 1.04 bits per heavy atom. The Hall–Kier alpha value is -2.88. The van der Waals surface area contributed by atoms with Gasteiger partial charge in [0.2, 0.25) is 0 Å². The van der Waals surface area contributed by atoms with E-state index in [0.717, 1.165) is 40.8 Å². The summed E-state index contributed by atoms with van der Waals surface area (Å²) in [4.78, 5) is 17.7. The first-order valence-corrected chi connectivity index (χ1v) is 10.1. The summed E-state index contributed by atoms with van der Waals surface area (Å²) in [5.74, 6) is 1.29. The molecule has 0 aliphatic rings. The lowest BCUT2D eigenvalue weighted by Gasteiger charge is -2.15. The standard InChI is InChI=1S/C24H28N2O2/c1-4-17(5-2)16-25-24(27)21-15-23(26-22-10-8-7-9-20(21)22)18-11-13-19(14-12-18)28-6-3/h7-15,17H,4-6,16H2,1-3H3,(H,25,27). The Bertz CT molecular complexity index is 931. The van der Waals surface area contributed by atoms with E-state index in [9.17, 15) is 4.79 Å². The van der Waals surface area contributed by atoms with Crippen LogP contribution in [-0.4, -0.2) is 24.0 Å². The van der Waals surface area contributed by atoms with E-state index in [4.69, 9.17) is 9.72 Å². The van der Waals surface area contributed by atoms with Gasteiger partial charge < -0.3 is 10.1 Å². The molecule has 1 aromatic heterocycles. The Morgan fingerprint density at radius 2 is 1.75 bits per heavy atom. The van der Waals surface area contributed by atoms with E-state index < -0.39 is 0 Å². The molecule has 1 amide bonds. The maximum Gasteiger partial charge on any atom is 0.252 e. The highest BCUT2D eigenvalue weighted by Gasteiger charge is 2.15. The van der Waals surface area contributed by atoms with Crippen LogP contribution in [0, 0.1) is 5.92 Å². The van der Waals surface area contributed by atoms with Crippen molar-refractivity contribution in [1.82, 2.24) is 10.3 Å². The molecule has 0 aliphatic heterocycles. The van der Waals surface area contributed by atoms with Gasteiger partial charge in [0.15, 0.2) is 0 Å². The van der Waals surface area contributed by atoms with Crippen LogP contribution in [0.15, 0.2) is 54.6 Å². The average molecular weight is 377 g/mol. The number of para-hydroxylation sites is 1.